The zero-order valence-corrected chi connectivity index (χ0v) is 13.0. The van der Waals surface area contributed by atoms with E-state index in [9.17, 15) is 14.4 Å². The predicted octanol–water partition coefficient (Wildman–Crippen LogP) is 2.31. The van der Waals surface area contributed by atoms with Crippen LogP contribution in [0.5, 0.6) is 0 Å². The van der Waals surface area contributed by atoms with Crippen molar-refractivity contribution in [3.05, 3.63) is 12.2 Å². The molecule has 0 aromatic rings. The van der Waals surface area contributed by atoms with E-state index in [1.54, 1.807) is 6.08 Å². The van der Waals surface area contributed by atoms with Gasteiger partial charge in [-0.05, 0) is 20.8 Å². The van der Waals surface area contributed by atoms with Gasteiger partial charge in [-0.3, -0.25) is 19.3 Å². The summed E-state index contributed by atoms with van der Waals surface area (Å²) in [4.78, 5) is 33.9. The van der Waals surface area contributed by atoms with Gasteiger partial charge in [-0.25, -0.2) is 0 Å². The number of carbonyl (C=O) groups is 3. The maximum Gasteiger partial charge on any atom is 0.308 e. The van der Waals surface area contributed by atoms with Crippen LogP contribution in [-0.4, -0.2) is 35.3 Å². The van der Waals surface area contributed by atoms with Crippen molar-refractivity contribution in [2.45, 2.75) is 53.6 Å². The molecule has 0 N–H and O–H groups in total. The topological polar surface area (TPSA) is 63.7 Å². The molecule has 0 bridgehead atoms. The molecule has 0 aliphatic carbocycles. The molecule has 5 nitrogen and oxygen atoms in total. The maximum absolute atomic E-state index is 11.0. The molecule has 0 atom stereocenters. The lowest BCUT2D eigenvalue weighted by Gasteiger charge is -2.09. The summed E-state index contributed by atoms with van der Waals surface area (Å²) in [5.41, 5.74) is 0. The molecular weight excluding hydrogens is 258 g/mol. The van der Waals surface area contributed by atoms with Crippen LogP contribution >= 0.6 is 0 Å². The van der Waals surface area contributed by atoms with Gasteiger partial charge in [0.25, 0.3) is 0 Å². The third kappa shape index (κ3) is 7.07. The highest BCUT2D eigenvalue weighted by Gasteiger charge is 2.27. The average molecular weight is 283 g/mol. The van der Waals surface area contributed by atoms with E-state index in [2.05, 4.69) is 0 Å². The second kappa shape index (κ2) is 9.28. The van der Waals surface area contributed by atoms with Crippen molar-refractivity contribution in [1.29, 1.82) is 0 Å². The van der Waals surface area contributed by atoms with Crippen LogP contribution in [0.2, 0.25) is 0 Å². The first-order valence-electron chi connectivity index (χ1n) is 6.94. The number of esters is 1. The number of allylic oxidation sites excluding steroid dienone is 1. The SMILES string of the molecule is C/C=C\CN1C(=O)CCC1=O.CC(C)OC(=O)C(C)C. The molecule has 1 aliphatic heterocycles. The Morgan fingerprint density at radius 2 is 1.70 bits per heavy atom. The van der Waals surface area contributed by atoms with Gasteiger partial charge in [0.1, 0.15) is 0 Å². The Hall–Kier alpha value is -1.65. The Morgan fingerprint density at radius 3 is 2.00 bits per heavy atom. The molecule has 1 heterocycles. The summed E-state index contributed by atoms with van der Waals surface area (Å²) in [6, 6.07) is 0. The zero-order valence-electron chi connectivity index (χ0n) is 13.0. The van der Waals surface area contributed by atoms with Gasteiger partial charge in [0.2, 0.25) is 11.8 Å². The number of hydrogen-bond donors (Lipinski definition) is 0. The minimum atomic E-state index is -0.120. The molecule has 1 aliphatic rings. The Balaban J connectivity index is 0.000000370. The predicted molar refractivity (Wildman–Crippen MR) is 76.8 cm³/mol. The van der Waals surface area contributed by atoms with E-state index in [0.717, 1.165) is 0 Å². The van der Waals surface area contributed by atoms with Crippen LogP contribution in [0.25, 0.3) is 0 Å². The van der Waals surface area contributed by atoms with E-state index in [1.165, 1.54) is 4.90 Å². The first kappa shape index (κ1) is 18.4. The quantitative estimate of drug-likeness (QED) is 0.451. The zero-order chi connectivity index (χ0) is 15.7. The van der Waals surface area contributed by atoms with Gasteiger partial charge in [-0.2, -0.15) is 0 Å². The third-order valence-corrected chi connectivity index (χ3v) is 2.50. The van der Waals surface area contributed by atoms with Crippen molar-refractivity contribution in [3.8, 4) is 0 Å². The molecule has 114 valence electrons. The van der Waals surface area contributed by atoms with Gasteiger partial charge in [0.05, 0.1) is 12.0 Å². The van der Waals surface area contributed by atoms with E-state index in [0.29, 0.717) is 19.4 Å². The van der Waals surface area contributed by atoms with Crippen LogP contribution in [0.4, 0.5) is 0 Å². The van der Waals surface area contributed by atoms with E-state index in [4.69, 9.17) is 4.74 Å². The van der Waals surface area contributed by atoms with E-state index >= 15 is 0 Å². The minimum absolute atomic E-state index is 0.00704. The molecule has 5 heteroatoms. The van der Waals surface area contributed by atoms with Crippen LogP contribution in [0.15, 0.2) is 12.2 Å². The summed E-state index contributed by atoms with van der Waals surface area (Å²) in [5.74, 6) is -0.224. The Kier molecular flexibility index (Phi) is 8.52. The van der Waals surface area contributed by atoms with Crippen molar-refractivity contribution in [1.82, 2.24) is 4.90 Å². The van der Waals surface area contributed by atoms with Gasteiger partial charge >= 0.3 is 5.97 Å². The van der Waals surface area contributed by atoms with Crippen LogP contribution in [0.3, 0.4) is 0 Å². The van der Waals surface area contributed by atoms with Crippen molar-refractivity contribution in [3.63, 3.8) is 0 Å². The molecule has 1 saturated heterocycles. The smallest absolute Gasteiger partial charge is 0.308 e. The van der Waals surface area contributed by atoms with Crippen LogP contribution in [0.1, 0.15) is 47.5 Å². The highest BCUT2D eigenvalue weighted by atomic mass is 16.5. The summed E-state index contributed by atoms with van der Waals surface area (Å²) >= 11 is 0. The molecule has 1 fully saturated rings. The molecule has 0 aromatic carbocycles. The lowest BCUT2D eigenvalue weighted by Crippen LogP contribution is -2.28. The Morgan fingerprint density at radius 1 is 1.20 bits per heavy atom. The standard InChI is InChI=1S/C8H11NO2.C7H14O2/c1-2-3-6-9-7(10)4-5-8(9)11;1-5(2)7(8)9-6(3)4/h2-3H,4-6H2,1H3;5-6H,1-4H3/b3-2-;. The number of hydrogen-bond acceptors (Lipinski definition) is 4. The molecule has 0 saturated carbocycles. The van der Waals surface area contributed by atoms with Crippen molar-refractivity contribution >= 4 is 17.8 Å². The second-order valence-corrected chi connectivity index (χ2v) is 5.11. The van der Waals surface area contributed by atoms with Gasteiger partial charge in [-0.1, -0.05) is 26.0 Å². The van der Waals surface area contributed by atoms with Gasteiger partial charge < -0.3 is 4.74 Å². The number of carbonyl (C=O) groups excluding carboxylic acids is 3. The monoisotopic (exact) mass is 283 g/mol. The average Bonchev–Trinajstić information content (AvgIpc) is 2.66. The third-order valence-electron chi connectivity index (χ3n) is 2.50. The number of likely N-dealkylation sites (tertiary alicyclic amines) is 1. The minimum Gasteiger partial charge on any atom is -0.463 e. The van der Waals surface area contributed by atoms with Gasteiger partial charge in [0, 0.05) is 19.4 Å². The lowest BCUT2D eigenvalue weighted by molar-refractivity contribution is -0.151. The lowest BCUT2D eigenvalue weighted by atomic mass is 10.2. The molecular formula is C15H25NO4. The maximum atomic E-state index is 11.0. The van der Waals surface area contributed by atoms with Crippen LogP contribution < -0.4 is 0 Å². The number of amides is 2. The fourth-order valence-corrected chi connectivity index (χ4v) is 1.41. The molecule has 20 heavy (non-hydrogen) atoms. The first-order valence-corrected chi connectivity index (χ1v) is 6.94. The number of rotatable bonds is 4. The largest absolute Gasteiger partial charge is 0.463 e. The molecule has 0 unspecified atom stereocenters. The normalized spacial score (nSPS) is 15.1. The summed E-state index contributed by atoms with van der Waals surface area (Å²) in [7, 11) is 0. The van der Waals surface area contributed by atoms with Crippen LogP contribution in [0, 0.1) is 5.92 Å². The van der Waals surface area contributed by atoms with E-state index in [1.807, 2.05) is 40.7 Å². The fourth-order valence-electron chi connectivity index (χ4n) is 1.41. The second-order valence-electron chi connectivity index (χ2n) is 5.11. The highest BCUT2D eigenvalue weighted by molar-refractivity contribution is 6.02. The van der Waals surface area contributed by atoms with E-state index < -0.39 is 0 Å². The Bertz CT molecular complexity index is 356. The van der Waals surface area contributed by atoms with Crippen LogP contribution in [-0.2, 0) is 19.1 Å². The molecule has 0 spiro atoms. The van der Waals surface area contributed by atoms with Crippen molar-refractivity contribution < 1.29 is 19.1 Å². The summed E-state index contributed by atoms with van der Waals surface area (Å²) < 4.78 is 4.87. The molecule has 1 rings (SSSR count). The summed E-state index contributed by atoms with van der Waals surface area (Å²) in [6.45, 7) is 9.65. The Labute approximate surface area is 121 Å². The summed E-state index contributed by atoms with van der Waals surface area (Å²) in [5, 5.41) is 0. The molecule has 0 radical (unpaired) electrons. The number of ether oxygens (including phenoxy) is 1. The van der Waals surface area contributed by atoms with Crippen molar-refractivity contribution in [2.24, 2.45) is 5.92 Å². The van der Waals surface area contributed by atoms with E-state index in [-0.39, 0.29) is 29.8 Å². The molecule has 0 aromatic heterocycles. The number of imide groups is 1. The number of nitrogens with zero attached hydrogens (tertiary/aromatic N) is 1. The van der Waals surface area contributed by atoms with Gasteiger partial charge in [-0.15, -0.1) is 0 Å². The van der Waals surface area contributed by atoms with Gasteiger partial charge in [0.15, 0.2) is 0 Å². The first-order chi connectivity index (χ1) is 9.29. The fraction of sp³-hybridized carbons (Fsp3) is 0.667. The summed E-state index contributed by atoms with van der Waals surface area (Å²) in [6.07, 6.45) is 4.42. The highest BCUT2D eigenvalue weighted by Crippen LogP contribution is 2.10. The molecule has 2 amide bonds. The van der Waals surface area contributed by atoms with Crippen molar-refractivity contribution in [2.75, 3.05) is 6.54 Å².